The first-order valence-electron chi connectivity index (χ1n) is 7.11. The van der Waals surface area contributed by atoms with Gasteiger partial charge in [0.1, 0.15) is 5.75 Å². The minimum Gasteiger partial charge on any atom is -0.496 e. The van der Waals surface area contributed by atoms with Gasteiger partial charge in [-0.25, -0.2) is 0 Å². The smallest absolute Gasteiger partial charge is 0.191 e. The quantitative estimate of drug-likeness (QED) is 0.646. The average Bonchev–Trinajstić information content (AvgIpc) is 3.01. The molecule has 0 bridgehead atoms. The molecule has 2 rings (SSSR count). The number of guanidine groups is 1. The fourth-order valence-electron chi connectivity index (χ4n) is 2.28. The van der Waals surface area contributed by atoms with Crippen molar-refractivity contribution in [1.82, 2.24) is 10.6 Å². The van der Waals surface area contributed by atoms with E-state index in [1.807, 2.05) is 12.1 Å². The van der Waals surface area contributed by atoms with Crippen molar-refractivity contribution in [2.45, 2.75) is 25.5 Å². The van der Waals surface area contributed by atoms with E-state index in [0.29, 0.717) is 11.6 Å². The standard InChI is InChI=1S/C15H22ClN3O2/c1-17-15(19-10-13-4-3-7-21-13)18-9-11-5-6-12(16)8-14(11)20-2/h5-6,8,13H,3-4,7,9-10H2,1-2H3,(H2,17,18,19). The highest BCUT2D eigenvalue weighted by atomic mass is 35.5. The summed E-state index contributed by atoms with van der Waals surface area (Å²) in [6, 6.07) is 5.60. The Balaban J connectivity index is 1.85. The number of methoxy groups -OCH3 is 1. The van der Waals surface area contributed by atoms with Crippen molar-refractivity contribution >= 4 is 17.6 Å². The molecule has 6 heteroatoms. The maximum atomic E-state index is 5.96. The van der Waals surface area contributed by atoms with Crippen LogP contribution in [0.2, 0.25) is 5.02 Å². The van der Waals surface area contributed by atoms with Gasteiger partial charge in [0.05, 0.1) is 13.2 Å². The first-order valence-corrected chi connectivity index (χ1v) is 7.49. The van der Waals surface area contributed by atoms with Crippen molar-refractivity contribution < 1.29 is 9.47 Å². The number of halogens is 1. The van der Waals surface area contributed by atoms with Gasteiger partial charge < -0.3 is 20.1 Å². The van der Waals surface area contributed by atoms with Crippen LogP contribution in [-0.4, -0.2) is 39.4 Å². The van der Waals surface area contributed by atoms with Gasteiger partial charge in [0.2, 0.25) is 0 Å². The molecule has 21 heavy (non-hydrogen) atoms. The molecule has 1 saturated heterocycles. The molecule has 0 amide bonds. The van der Waals surface area contributed by atoms with E-state index in [-0.39, 0.29) is 6.10 Å². The fraction of sp³-hybridized carbons (Fsp3) is 0.533. The van der Waals surface area contributed by atoms with Gasteiger partial charge in [-0.05, 0) is 25.0 Å². The van der Waals surface area contributed by atoms with Crippen LogP contribution in [0.25, 0.3) is 0 Å². The molecular weight excluding hydrogens is 290 g/mol. The number of nitrogens with zero attached hydrogens (tertiary/aromatic N) is 1. The molecule has 1 fully saturated rings. The molecule has 1 atom stereocenters. The molecule has 1 aromatic carbocycles. The summed E-state index contributed by atoms with van der Waals surface area (Å²) in [5.41, 5.74) is 1.03. The lowest BCUT2D eigenvalue weighted by molar-refractivity contribution is 0.114. The van der Waals surface area contributed by atoms with Crippen LogP contribution in [-0.2, 0) is 11.3 Å². The van der Waals surface area contributed by atoms with Crippen molar-refractivity contribution in [3.63, 3.8) is 0 Å². The van der Waals surface area contributed by atoms with Gasteiger partial charge in [0, 0.05) is 37.3 Å². The summed E-state index contributed by atoms with van der Waals surface area (Å²) < 4.78 is 10.9. The summed E-state index contributed by atoms with van der Waals surface area (Å²) in [5, 5.41) is 7.20. The Morgan fingerprint density at radius 3 is 3.00 bits per heavy atom. The third kappa shape index (κ3) is 4.79. The molecule has 1 aliphatic rings. The number of rotatable bonds is 5. The van der Waals surface area contributed by atoms with Crippen LogP contribution >= 0.6 is 11.6 Å². The number of ether oxygens (including phenoxy) is 2. The number of benzene rings is 1. The maximum Gasteiger partial charge on any atom is 0.191 e. The van der Waals surface area contributed by atoms with Crippen molar-refractivity contribution in [3.05, 3.63) is 28.8 Å². The van der Waals surface area contributed by atoms with E-state index in [0.717, 1.165) is 43.3 Å². The van der Waals surface area contributed by atoms with E-state index in [2.05, 4.69) is 15.6 Å². The SMILES string of the molecule is CN=C(NCc1ccc(Cl)cc1OC)NCC1CCCO1. The molecule has 0 aromatic heterocycles. The van der Waals surface area contributed by atoms with E-state index in [1.165, 1.54) is 0 Å². The molecule has 1 heterocycles. The first kappa shape index (κ1) is 15.9. The number of aliphatic imine (C=N–C) groups is 1. The third-order valence-corrected chi connectivity index (χ3v) is 3.68. The van der Waals surface area contributed by atoms with E-state index in [9.17, 15) is 0 Å². The van der Waals surface area contributed by atoms with E-state index in [4.69, 9.17) is 21.1 Å². The van der Waals surface area contributed by atoms with E-state index < -0.39 is 0 Å². The van der Waals surface area contributed by atoms with Crippen LogP contribution < -0.4 is 15.4 Å². The highest BCUT2D eigenvalue weighted by molar-refractivity contribution is 6.30. The van der Waals surface area contributed by atoms with Crippen LogP contribution in [0, 0.1) is 0 Å². The normalized spacial score (nSPS) is 18.6. The molecular formula is C15H22ClN3O2. The van der Waals surface area contributed by atoms with Crippen LogP contribution in [0.3, 0.4) is 0 Å². The zero-order chi connectivity index (χ0) is 15.1. The summed E-state index contributed by atoms with van der Waals surface area (Å²) >= 11 is 5.96. The predicted molar refractivity (Wildman–Crippen MR) is 85.2 cm³/mol. The molecule has 5 nitrogen and oxygen atoms in total. The summed E-state index contributed by atoms with van der Waals surface area (Å²) in [7, 11) is 3.39. The Hall–Kier alpha value is -1.46. The van der Waals surface area contributed by atoms with Crippen molar-refractivity contribution in [2.24, 2.45) is 4.99 Å². The summed E-state index contributed by atoms with van der Waals surface area (Å²) in [6.45, 7) is 2.25. The molecule has 1 aromatic rings. The lowest BCUT2D eigenvalue weighted by atomic mass is 10.2. The maximum absolute atomic E-state index is 5.96. The molecule has 1 aliphatic heterocycles. The third-order valence-electron chi connectivity index (χ3n) is 3.44. The molecule has 0 aliphatic carbocycles. The Labute approximate surface area is 130 Å². The first-order chi connectivity index (χ1) is 10.2. The van der Waals surface area contributed by atoms with Crippen molar-refractivity contribution in [2.75, 3.05) is 27.3 Å². The second-order valence-corrected chi connectivity index (χ2v) is 5.33. The topological polar surface area (TPSA) is 54.9 Å². The lowest BCUT2D eigenvalue weighted by Gasteiger charge is -2.16. The minimum absolute atomic E-state index is 0.286. The molecule has 1 unspecified atom stereocenters. The van der Waals surface area contributed by atoms with Gasteiger partial charge in [-0.15, -0.1) is 0 Å². The van der Waals surface area contributed by atoms with Gasteiger partial charge in [0.15, 0.2) is 5.96 Å². The number of hydrogen-bond acceptors (Lipinski definition) is 3. The van der Waals surface area contributed by atoms with Gasteiger partial charge in [0.25, 0.3) is 0 Å². The van der Waals surface area contributed by atoms with Crippen molar-refractivity contribution in [3.8, 4) is 5.75 Å². The Morgan fingerprint density at radius 2 is 2.33 bits per heavy atom. The van der Waals surface area contributed by atoms with Crippen LogP contribution in [0.5, 0.6) is 5.75 Å². The van der Waals surface area contributed by atoms with Crippen LogP contribution in [0.4, 0.5) is 0 Å². The Morgan fingerprint density at radius 1 is 1.48 bits per heavy atom. The predicted octanol–water partition coefficient (Wildman–Crippen LogP) is 2.19. The second-order valence-electron chi connectivity index (χ2n) is 4.90. The number of nitrogens with one attached hydrogen (secondary N) is 2. The van der Waals surface area contributed by atoms with Crippen molar-refractivity contribution in [1.29, 1.82) is 0 Å². The lowest BCUT2D eigenvalue weighted by Crippen LogP contribution is -2.40. The highest BCUT2D eigenvalue weighted by Gasteiger charge is 2.15. The summed E-state index contributed by atoms with van der Waals surface area (Å²) in [5.74, 6) is 1.52. The number of hydrogen-bond donors (Lipinski definition) is 2. The van der Waals surface area contributed by atoms with Gasteiger partial charge in [-0.2, -0.15) is 0 Å². The van der Waals surface area contributed by atoms with Crippen LogP contribution in [0.15, 0.2) is 23.2 Å². The minimum atomic E-state index is 0.286. The highest BCUT2D eigenvalue weighted by Crippen LogP contribution is 2.22. The van der Waals surface area contributed by atoms with Gasteiger partial charge in [-0.3, -0.25) is 4.99 Å². The fourth-order valence-corrected chi connectivity index (χ4v) is 2.44. The zero-order valence-corrected chi connectivity index (χ0v) is 13.2. The molecule has 116 valence electrons. The molecule has 0 spiro atoms. The van der Waals surface area contributed by atoms with Gasteiger partial charge >= 0.3 is 0 Å². The largest absolute Gasteiger partial charge is 0.496 e. The Bertz CT molecular complexity index is 488. The van der Waals surface area contributed by atoms with E-state index >= 15 is 0 Å². The van der Waals surface area contributed by atoms with E-state index in [1.54, 1.807) is 20.2 Å². The average molecular weight is 312 g/mol. The van der Waals surface area contributed by atoms with Crippen LogP contribution in [0.1, 0.15) is 18.4 Å². The molecule has 2 N–H and O–H groups in total. The zero-order valence-electron chi connectivity index (χ0n) is 12.5. The molecule has 0 saturated carbocycles. The monoisotopic (exact) mass is 311 g/mol. The summed E-state index contributed by atoms with van der Waals surface area (Å²) in [6.07, 6.45) is 2.53. The van der Waals surface area contributed by atoms with Gasteiger partial charge in [-0.1, -0.05) is 17.7 Å². The molecule has 0 radical (unpaired) electrons. The Kier molecular flexibility index (Phi) is 6.14. The summed E-state index contributed by atoms with van der Waals surface area (Å²) in [4.78, 5) is 4.21. The second kappa shape index (κ2) is 8.10.